The van der Waals surface area contributed by atoms with Crippen molar-refractivity contribution in [1.82, 2.24) is 0 Å². The molecule has 0 saturated carbocycles. The minimum Gasteiger partial charge on any atom is -0.486 e. The molecule has 24 heavy (non-hydrogen) atoms. The Bertz CT molecular complexity index is 938. The zero-order chi connectivity index (χ0) is 16.9. The van der Waals surface area contributed by atoms with E-state index in [9.17, 15) is 10.1 Å². The lowest BCUT2D eigenvalue weighted by Gasteiger charge is -2.13. The molecule has 0 N–H and O–H groups in total. The van der Waals surface area contributed by atoms with Crippen molar-refractivity contribution in [3.63, 3.8) is 0 Å². The number of hydrogen-bond acceptors (Lipinski definition) is 4. The molecule has 0 radical (unpaired) electrons. The van der Waals surface area contributed by atoms with Crippen LogP contribution >= 0.6 is 0 Å². The number of hydrogen-bond donors (Lipinski definition) is 0. The maximum absolute atomic E-state index is 12.5. The zero-order valence-electron chi connectivity index (χ0n) is 13.2. The van der Waals surface area contributed by atoms with E-state index >= 15 is 0 Å². The van der Waals surface area contributed by atoms with E-state index in [4.69, 9.17) is 9.15 Å². The van der Waals surface area contributed by atoms with E-state index < -0.39 is 5.63 Å². The fraction of sp³-hybridized carbons (Fsp3) is 0.100. The quantitative estimate of drug-likeness (QED) is 0.722. The minimum absolute atomic E-state index is 0.0694. The summed E-state index contributed by atoms with van der Waals surface area (Å²) in [7, 11) is 0. The summed E-state index contributed by atoms with van der Waals surface area (Å²) in [6.45, 7) is 2.09. The first-order chi connectivity index (χ1) is 11.8. The average molecular weight is 317 g/mol. The third kappa shape index (κ3) is 2.80. The summed E-state index contributed by atoms with van der Waals surface area (Å²) >= 11 is 0. The van der Waals surface area contributed by atoms with Gasteiger partial charge in [0.25, 0.3) is 0 Å². The molecule has 0 aliphatic carbocycles. The van der Waals surface area contributed by atoms with Crippen molar-refractivity contribution >= 4 is 0 Å². The Morgan fingerprint density at radius 2 is 1.58 bits per heavy atom. The predicted molar refractivity (Wildman–Crippen MR) is 91.7 cm³/mol. The molecule has 0 aliphatic rings. The summed E-state index contributed by atoms with van der Waals surface area (Å²) in [5.74, 6) is 0.324. The first kappa shape index (κ1) is 15.6. The molecule has 2 aromatic carbocycles. The van der Waals surface area contributed by atoms with Gasteiger partial charge in [0.1, 0.15) is 11.6 Å². The van der Waals surface area contributed by atoms with Crippen molar-refractivity contribution in [1.29, 1.82) is 5.26 Å². The summed E-state index contributed by atoms with van der Waals surface area (Å²) in [5.41, 5.74) is 1.58. The Morgan fingerprint density at radius 3 is 2.12 bits per heavy atom. The van der Waals surface area contributed by atoms with E-state index in [2.05, 4.69) is 6.07 Å². The fourth-order valence-corrected chi connectivity index (χ4v) is 2.57. The largest absolute Gasteiger partial charge is 0.486 e. The monoisotopic (exact) mass is 317 g/mol. The number of ether oxygens (including phenoxy) is 1. The molecule has 1 heterocycles. The normalized spacial score (nSPS) is 10.2. The van der Waals surface area contributed by atoms with Crippen molar-refractivity contribution in [2.75, 3.05) is 6.61 Å². The van der Waals surface area contributed by atoms with Gasteiger partial charge in [0.05, 0.1) is 12.2 Å². The van der Waals surface area contributed by atoms with E-state index in [1.54, 1.807) is 19.1 Å². The molecular formula is C20H15NO3. The van der Waals surface area contributed by atoms with Gasteiger partial charge in [-0.2, -0.15) is 5.26 Å². The lowest BCUT2D eigenvalue weighted by atomic mass is 9.97. The SMILES string of the molecule is CCOc1c(-c2ccccc2)c(C#N)c(-c2ccccc2)oc1=O. The van der Waals surface area contributed by atoms with Crippen LogP contribution in [0.25, 0.3) is 22.5 Å². The van der Waals surface area contributed by atoms with Gasteiger partial charge in [-0.15, -0.1) is 0 Å². The van der Waals surface area contributed by atoms with Crippen LogP contribution in [0.3, 0.4) is 0 Å². The molecule has 0 bridgehead atoms. The van der Waals surface area contributed by atoms with Crippen LogP contribution in [-0.4, -0.2) is 6.61 Å². The fourth-order valence-electron chi connectivity index (χ4n) is 2.57. The van der Waals surface area contributed by atoms with E-state index in [0.717, 1.165) is 5.56 Å². The molecule has 0 aliphatic heterocycles. The van der Waals surface area contributed by atoms with Gasteiger partial charge in [-0.1, -0.05) is 60.7 Å². The highest BCUT2D eigenvalue weighted by molar-refractivity contribution is 5.82. The van der Waals surface area contributed by atoms with Gasteiger partial charge < -0.3 is 9.15 Å². The lowest BCUT2D eigenvalue weighted by Crippen LogP contribution is -2.11. The lowest BCUT2D eigenvalue weighted by molar-refractivity contribution is 0.320. The van der Waals surface area contributed by atoms with Crippen LogP contribution < -0.4 is 10.4 Å². The second kappa shape index (κ2) is 6.84. The predicted octanol–water partition coefficient (Wildman–Crippen LogP) is 4.24. The molecule has 3 rings (SSSR count). The average Bonchev–Trinajstić information content (AvgIpc) is 2.64. The summed E-state index contributed by atoms with van der Waals surface area (Å²) in [4.78, 5) is 12.5. The Kier molecular flexibility index (Phi) is 4.44. The van der Waals surface area contributed by atoms with Gasteiger partial charge >= 0.3 is 5.63 Å². The maximum Gasteiger partial charge on any atom is 0.379 e. The van der Waals surface area contributed by atoms with Gasteiger partial charge in [0.2, 0.25) is 5.75 Å². The van der Waals surface area contributed by atoms with Crippen molar-refractivity contribution in [2.45, 2.75) is 6.92 Å². The maximum atomic E-state index is 12.5. The van der Waals surface area contributed by atoms with Crippen LogP contribution in [-0.2, 0) is 0 Å². The molecule has 0 atom stereocenters. The van der Waals surface area contributed by atoms with E-state index in [-0.39, 0.29) is 17.1 Å². The molecule has 0 spiro atoms. The first-order valence-electron chi connectivity index (χ1n) is 7.61. The van der Waals surface area contributed by atoms with Gasteiger partial charge in [0.15, 0.2) is 5.76 Å². The summed E-state index contributed by atoms with van der Waals surface area (Å²) in [5, 5.41) is 9.74. The van der Waals surface area contributed by atoms with Crippen LogP contribution in [0, 0.1) is 11.3 Å². The van der Waals surface area contributed by atoms with Gasteiger partial charge in [-0.3, -0.25) is 0 Å². The number of benzene rings is 2. The van der Waals surface area contributed by atoms with Gasteiger partial charge in [-0.25, -0.2) is 4.79 Å². The van der Waals surface area contributed by atoms with Crippen molar-refractivity contribution < 1.29 is 9.15 Å². The van der Waals surface area contributed by atoms with Crippen molar-refractivity contribution in [2.24, 2.45) is 0 Å². The van der Waals surface area contributed by atoms with E-state index in [1.165, 1.54) is 0 Å². The Balaban J connectivity index is 2.38. The highest BCUT2D eigenvalue weighted by Crippen LogP contribution is 2.36. The highest BCUT2D eigenvalue weighted by Gasteiger charge is 2.23. The smallest absolute Gasteiger partial charge is 0.379 e. The molecule has 4 heteroatoms. The van der Waals surface area contributed by atoms with Crippen LogP contribution in [0.15, 0.2) is 69.9 Å². The molecule has 1 aromatic heterocycles. The van der Waals surface area contributed by atoms with Crippen LogP contribution in [0.1, 0.15) is 12.5 Å². The van der Waals surface area contributed by atoms with Crippen LogP contribution in [0.5, 0.6) is 5.75 Å². The first-order valence-corrected chi connectivity index (χ1v) is 7.61. The third-order valence-corrected chi connectivity index (χ3v) is 3.58. The molecule has 118 valence electrons. The molecule has 0 amide bonds. The number of nitriles is 1. The van der Waals surface area contributed by atoms with E-state index in [0.29, 0.717) is 17.7 Å². The second-order valence-electron chi connectivity index (χ2n) is 5.07. The van der Waals surface area contributed by atoms with Gasteiger partial charge in [0, 0.05) is 5.56 Å². The van der Waals surface area contributed by atoms with Crippen LogP contribution in [0.4, 0.5) is 0 Å². The van der Waals surface area contributed by atoms with Gasteiger partial charge in [-0.05, 0) is 12.5 Å². The number of nitrogens with zero attached hydrogens (tertiary/aromatic N) is 1. The standard InChI is InChI=1S/C20H15NO3/c1-2-23-19-17(14-9-5-3-6-10-14)16(13-21)18(24-20(19)22)15-11-7-4-8-12-15/h3-12H,2H2,1H3. The van der Waals surface area contributed by atoms with Crippen LogP contribution in [0.2, 0.25) is 0 Å². The number of rotatable bonds is 4. The minimum atomic E-state index is -0.589. The van der Waals surface area contributed by atoms with Crippen molar-refractivity contribution in [3.05, 3.63) is 76.6 Å². The molecule has 0 unspecified atom stereocenters. The topological polar surface area (TPSA) is 63.2 Å². The Hall–Kier alpha value is -3.32. The molecule has 0 saturated heterocycles. The summed E-state index contributed by atoms with van der Waals surface area (Å²) in [6, 6.07) is 20.5. The highest BCUT2D eigenvalue weighted by atomic mass is 16.5. The van der Waals surface area contributed by atoms with Crippen molar-refractivity contribution in [3.8, 4) is 34.3 Å². The molecule has 3 aromatic rings. The Labute approximate surface area is 139 Å². The summed E-state index contributed by atoms with van der Waals surface area (Å²) < 4.78 is 10.9. The summed E-state index contributed by atoms with van der Waals surface area (Å²) in [6.07, 6.45) is 0. The zero-order valence-corrected chi connectivity index (χ0v) is 13.2. The Morgan fingerprint density at radius 1 is 1.00 bits per heavy atom. The van der Waals surface area contributed by atoms with E-state index in [1.807, 2.05) is 48.5 Å². The molecule has 4 nitrogen and oxygen atoms in total. The second-order valence-corrected chi connectivity index (χ2v) is 5.07. The molecular weight excluding hydrogens is 302 g/mol. The third-order valence-electron chi connectivity index (χ3n) is 3.58. The molecule has 0 fully saturated rings.